The predicted octanol–water partition coefficient (Wildman–Crippen LogP) is 0.450. The topological polar surface area (TPSA) is 69.6 Å². The van der Waals surface area contributed by atoms with Gasteiger partial charge in [0.15, 0.2) is 0 Å². The van der Waals surface area contributed by atoms with Crippen molar-refractivity contribution >= 4 is 11.9 Å². The number of unbranched alkanes of at least 4 members (excludes halogenated alkanes) is 1. The Morgan fingerprint density at radius 2 is 2.19 bits per heavy atom. The number of hydrogen-bond donors (Lipinski definition) is 2. The number of aliphatic carboxylic acids is 1. The molecule has 2 unspecified atom stereocenters. The fourth-order valence-electron chi connectivity index (χ4n) is 2.03. The van der Waals surface area contributed by atoms with E-state index < -0.39 is 12.0 Å². The quantitative estimate of drug-likeness (QED) is 0.733. The highest BCUT2D eigenvalue weighted by Crippen LogP contribution is 2.12. The minimum Gasteiger partial charge on any atom is -0.480 e. The molecule has 0 spiro atoms. The molecule has 0 aliphatic carbocycles. The molecule has 0 saturated carbocycles. The van der Waals surface area contributed by atoms with E-state index in [2.05, 4.69) is 5.32 Å². The van der Waals surface area contributed by atoms with Crippen molar-refractivity contribution in [3.63, 3.8) is 0 Å². The SMILES string of the molecule is CCCCC(=O)N1CCNC(C)C1C(=O)O. The molecule has 16 heavy (non-hydrogen) atoms. The number of nitrogens with one attached hydrogen (secondary N) is 1. The van der Waals surface area contributed by atoms with Gasteiger partial charge in [-0.05, 0) is 13.3 Å². The first-order chi connectivity index (χ1) is 7.57. The number of nitrogens with zero attached hydrogens (tertiary/aromatic N) is 1. The monoisotopic (exact) mass is 228 g/mol. The molecule has 1 rings (SSSR count). The smallest absolute Gasteiger partial charge is 0.328 e. The van der Waals surface area contributed by atoms with Gasteiger partial charge in [-0.2, -0.15) is 0 Å². The summed E-state index contributed by atoms with van der Waals surface area (Å²) in [6, 6.07) is -0.907. The van der Waals surface area contributed by atoms with Crippen molar-refractivity contribution in [2.75, 3.05) is 13.1 Å². The Kier molecular flexibility index (Phi) is 4.73. The Hall–Kier alpha value is -1.10. The molecule has 1 fully saturated rings. The van der Waals surface area contributed by atoms with Gasteiger partial charge in [0.25, 0.3) is 0 Å². The Morgan fingerprint density at radius 3 is 2.75 bits per heavy atom. The van der Waals surface area contributed by atoms with E-state index in [0.29, 0.717) is 19.5 Å². The molecular formula is C11H20N2O3. The number of carboxylic acids is 1. The molecule has 1 saturated heterocycles. The molecule has 0 aromatic carbocycles. The van der Waals surface area contributed by atoms with Gasteiger partial charge in [0.1, 0.15) is 6.04 Å². The van der Waals surface area contributed by atoms with Gasteiger partial charge >= 0.3 is 5.97 Å². The van der Waals surface area contributed by atoms with Crippen LogP contribution in [0.15, 0.2) is 0 Å². The summed E-state index contributed by atoms with van der Waals surface area (Å²) in [5, 5.41) is 12.2. The van der Waals surface area contributed by atoms with Crippen LogP contribution in [-0.4, -0.2) is 47.1 Å². The molecule has 1 aliphatic rings. The van der Waals surface area contributed by atoms with Crippen LogP contribution >= 0.6 is 0 Å². The first kappa shape index (κ1) is 13.0. The lowest BCUT2D eigenvalue weighted by molar-refractivity contribution is -0.153. The maximum atomic E-state index is 11.9. The lowest BCUT2D eigenvalue weighted by Gasteiger charge is -2.38. The van der Waals surface area contributed by atoms with Gasteiger partial charge in [0.05, 0.1) is 0 Å². The lowest BCUT2D eigenvalue weighted by Crippen LogP contribution is -2.61. The molecule has 5 nitrogen and oxygen atoms in total. The highest BCUT2D eigenvalue weighted by molar-refractivity contribution is 5.84. The molecule has 0 radical (unpaired) electrons. The molecule has 5 heteroatoms. The largest absolute Gasteiger partial charge is 0.480 e. The zero-order valence-electron chi connectivity index (χ0n) is 9.90. The lowest BCUT2D eigenvalue weighted by atomic mass is 10.0. The third-order valence-electron chi connectivity index (χ3n) is 2.95. The molecule has 1 aliphatic heterocycles. The van der Waals surface area contributed by atoms with Gasteiger partial charge in [0.2, 0.25) is 5.91 Å². The van der Waals surface area contributed by atoms with E-state index in [-0.39, 0.29) is 11.9 Å². The van der Waals surface area contributed by atoms with Gasteiger partial charge in [0, 0.05) is 25.6 Å². The van der Waals surface area contributed by atoms with Crippen LogP contribution in [0.4, 0.5) is 0 Å². The highest BCUT2D eigenvalue weighted by Gasteiger charge is 2.36. The maximum absolute atomic E-state index is 11.9. The van der Waals surface area contributed by atoms with E-state index in [4.69, 9.17) is 5.11 Å². The second-order valence-corrected chi connectivity index (χ2v) is 4.22. The number of piperazine rings is 1. The van der Waals surface area contributed by atoms with E-state index in [1.54, 1.807) is 6.92 Å². The predicted molar refractivity (Wildman–Crippen MR) is 60.1 cm³/mol. The molecule has 2 N–H and O–H groups in total. The van der Waals surface area contributed by atoms with Crippen molar-refractivity contribution in [3.8, 4) is 0 Å². The Bertz CT molecular complexity index is 268. The molecule has 92 valence electrons. The summed E-state index contributed by atoms with van der Waals surface area (Å²) in [5.41, 5.74) is 0. The second-order valence-electron chi connectivity index (χ2n) is 4.22. The maximum Gasteiger partial charge on any atom is 0.328 e. The Balaban J connectivity index is 2.67. The van der Waals surface area contributed by atoms with Gasteiger partial charge in [-0.15, -0.1) is 0 Å². The van der Waals surface area contributed by atoms with Crippen LogP contribution in [0.3, 0.4) is 0 Å². The molecule has 1 heterocycles. The number of rotatable bonds is 4. The fourth-order valence-corrected chi connectivity index (χ4v) is 2.03. The zero-order valence-corrected chi connectivity index (χ0v) is 9.90. The third kappa shape index (κ3) is 2.95. The van der Waals surface area contributed by atoms with Crippen LogP contribution in [0.1, 0.15) is 33.1 Å². The van der Waals surface area contributed by atoms with Crippen molar-refractivity contribution in [2.45, 2.75) is 45.2 Å². The van der Waals surface area contributed by atoms with Crippen LogP contribution in [0.2, 0.25) is 0 Å². The summed E-state index contributed by atoms with van der Waals surface area (Å²) in [6.07, 6.45) is 2.22. The van der Waals surface area contributed by atoms with E-state index in [0.717, 1.165) is 12.8 Å². The van der Waals surface area contributed by atoms with Crippen LogP contribution in [-0.2, 0) is 9.59 Å². The van der Waals surface area contributed by atoms with Gasteiger partial charge < -0.3 is 15.3 Å². The molecular weight excluding hydrogens is 208 g/mol. The summed E-state index contributed by atoms with van der Waals surface area (Å²) in [7, 11) is 0. The highest BCUT2D eigenvalue weighted by atomic mass is 16.4. The standard InChI is InChI=1S/C11H20N2O3/c1-3-4-5-9(14)13-7-6-12-8(2)10(13)11(15)16/h8,10,12H,3-7H2,1-2H3,(H,15,16). The van der Waals surface area contributed by atoms with Crippen LogP contribution in [0.25, 0.3) is 0 Å². The van der Waals surface area contributed by atoms with E-state index in [1.807, 2.05) is 6.92 Å². The van der Waals surface area contributed by atoms with Crippen molar-refractivity contribution in [1.82, 2.24) is 10.2 Å². The van der Waals surface area contributed by atoms with Crippen LogP contribution < -0.4 is 5.32 Å². The summed E-state index contributed by atoms with van der Waals surface area (Å²) in [4.78, 5) is 24.5. The van der Waals surface area contributed by atoms with Crippen LogP contribution in [0.5, 0.6) is 0 Å². The summed E-state index contributed by atoms with van der Waals surface area (Å²) in [6.45, 7) is 4.98. The molecule has 0 aromatic heterocycles. The van der Waals surface area contributed by atoms with E-state index in [1.165, 1.54) is 4.90 Å². The first-order valence-electron chi connectivity index (χ1n) is 5.83. The molecule has 1 amide bonds. The van der Waals surface area contributed by atoms with Gasteiger partial charge in [-0.3, -0.25) is 4.79 Å². The van der Waals surface area contributed by atoms with E-state index in [9.17, 15) is 9.59 Å². The van der Waals surface area contributed by atoms with Crippen molar-refractivity contribution in [3.05, 3.63) is 0 Å². The van der Waals surface area contributed by atoms with E-state index >= 15 is 0 Å². The summed E-state index contributed by atoms with van der Waals surface area (Å²) >= 11 is 0. The average Bonchev–Trinajstić information content (AvgIpc) is 2.24. The molecule has 2 atom stereocenters. The van der Waals surface area contributed by atoms with Crippen molar-refractivity contribution in [2.24, 2.45) is 0 Å². The fraction of sp³-hybridized carbons (Fsp3) is 0.818. The van der Waals surface area contributed by atoms with Gasteiger partial charge in [-0.25, -0.2) is 4.79 Å². The van der Waals surface area contributed by atoms with Crippen molar-refractivity contribution in [1.29, 1.82) is 0 Å². The zero-order chi connectivity index (χ0) is 12.1. The van der Waals surface area contributed by atoms with Crippen molar-refractivity contribution < 1.29 is 14.7 Å². The number of carbonyl (C=O) groups excluding carboxylic acids is 1. The Labute approximate surface area is 95.8 Å². The summed E-state index contributed by atoms with van der Waals surface area (Å²) in [5.74, 6) is -0.966. The second kappa shape index (κ2) is 5.84. The number of amides is 1. The average molecular weight is 228 g/mol. The number of carbonyl (C=O) groups is 2. The van der Waals surface area contributed by atoms with Crippen LogP contribution in [0, 0.1) is 0 Å². The molecule has 0 aromatic rings. The number of carboxylic acid groups (broad SMARTS) is 1. The third-order valence-corrected chi connectivity index (χ3v) is 2.95. The first-order valence-corrected chi connectivity index (χ1v) is 5.83. The minimum atomic E-state index is -0.926. The summed E-state index contributed by atoms with van der Waals surface area (Å²) < 4.78 is 0. The Morgan fingerprint density at radius 1 is 1.50 bits per heavy atom. The molecule has 0 bridgehead atoms. The minimum absolute atomic E-state index is 0.0393. The van der Waals surface area contributed by atoms with Gasteiger partial charge in [-0.1, -0.05) is 13.3 Å². The number of hydrogen-bond acceptors (Lipinski definition) is 3. The normalized spacial score (nSPS) is 25.5.